The van der Waals surface area contributed by atoms with Crippen molar-refractivity contribution in [2.24, 2.45) is 5.41 Å². The topological polar surface area (TPSA) is 58.4 Å². The molecule has 19 heavy (non-hydrogen) atoms. The molecule has 1 aliphatic heterocycles. The molecule has 0 radical (unpaired) electrons. The first kappa shape index (κ1) is 14.1. The average Bonchev–Trinajstić information content (AvgIpc) is 2.77. The Hall–Kier alpha value is -1.36. The number of carboxylic acid groups (broad SMARTS) is 1. The van der Waals surface area contributed by atoms with Crippen molar-refractivity contribution in [3.63, 3.8) is 0 Å². The predicted molar refractivity (Wildman–Crippen MR) is 72.9 cm³/mol. The van der Waals surface area contributed by atoms with Crippen molar-refractivity contribution in [3.8, 4) is 0 Å². The van der Waals surface area contributed by atoms with Crippen molar-refractivity contribution in [2.45, 2.75) is 46.2 Å². The molecule has 5 nitrogen and oxygen atoms in total. The molecule has 1 saturated heterocycles. The maximum absolute atomic E-state index is 11.3. The summed E-state index contributed by atoms with van der Waals surface area (Å²) in [6.07, 6.45) is 5.65. The van der Waals surface area contributed by atoms with Gasteiger partial charge in [-0.25, -0.2) is 0 Å². The van der Waals surface area contributed by atoms with Gasteiger partial charge in [0.1, 0.15) is 0 Å². The molecular weight excluding hydrogens is 242 g/mol. The average molecular weight is 265 g/mol. The smallest absolute Gasteiger partial charge is 0.310 e. The van der Waals surface area contributed by atoms with Gasteiger partial charge in [0, 0.05) is 30.9 Å². The molecule has 2 heterocycles. The highest BCUT2D eigenvalue weighted by Gasteiger charge is 2.37. The van der Waals surface area contributed by atoms with E-state index < -0.39 is 11.4 Å². The minimum atomic E-state index is -0.685. The van der Waals surface area contributed by atoms with E-state index in [4.69, 9.17) is 0 Å². The second-order valence-corrected chi connectivity index (χ2v) is 6.10. The second-order valence-electron chi connectivity index (χ2n) is 6.10. The largest absolute Gasteiger partial charge is 0.481 e. The Labute approximate surface area is 114 Å². The zero-order valence-electron chi connectivity index (χ0n) is 12.0. The van der Waals surface area contributed by atoms with Crippen molar-refractivity contribution < 1.29 is 9.90 Å². The van der Waals surface area contributed by atoms with Crippen LogP contribution >= 0.6 is 0 Å². The maximum Gasteiger partial charge on any atom is 0.310 e. The molecule has 0 bridgehead atoms. The van der Waals surface area contributed by atoms with Gasteiger partial charge in [-0.1, -0.05) is 0 Å². The summed E-state index contributed by atoms with van der Waals surface area (Å²) < 4.78 is 1.94. The van der Waals surface area contributed by atoms with Crippen LogP contribution in [0.3, 0.4) is 0 Å². The molecule has 1 aromatic heterocycles. The molecule has 0 amide bonds. The van der Waals surface area contributed by atoms with Crippen LogP contribution < -0.4 is 0 Å². The lowest BCUT2D eigenvalue weighted by Crippen LogP contribution is -2.45. The summed E-state index contributed by atoms with van der Waals surface area (Å²) >= 11 is 0. The molecule has 5 heteroatoms. The number of likely N-dealkylation sites (tertiary alicyclic amines) is 1. The first-order valence-corrected chi connectivity index (χ1v) is 6.89. The Morgan fingerprint density at radius 3 is 2.89 bits per heavy atom. The summed E-state index contributed by atoms with van der Waals surface area (Å²) in [5.41, 5.74) is 0.551. The highest BCUT2D eigenvalue weighted by Crippen LogP contribution is 2.30. The van der Waals surface area contributed by atoms with Crippen LogP contribution in [0, 0.1) is 5.41 Å². The van der Waals surface area contributed by atoms with E-state index in [-0.39, 0.29) is 0 Å². The van der Waals surface area contributed by atoms with Crippen LogP contribution in [0.2, 0.25) is 0 Å². The molecule has 0 aliphatic carbocycles. The SMILES string of the molecule is CC(C)n1cc(CN2CCCC(C)(C(=O)O)C2)cn1. The van der Waals surface area contributed by atoms with E-state index in [1.807, 2.05) is 17.8 Å². The highest BCUT2D eigenvalue weighted by atomic mass is 16.4. The monoisotopic (exact) mass is 265 g/mol. The predicted octanol–water partition coefficient (Wildman–Crippen LogP) is 2.15. The van der Waals surface area contributed by atoms with Gasteiger partial charge in [-0.2, -0.15) is 5.10 Å². The number of hydrogen-bond acceptors (Lipinski definition) is 3. The van der Waals surface area contributed by atoms with Crippen molar-refractivity contribution in [1.29, 1.82) is 0 Å². The Kier molecular flexibility index (Phi) is 3.94. The number of piperidine rings is 1. The fraction of sp³-hybridized carbons (Fsp3) is 0.714. The van der Waals surface area contributed by atoms with E-state index in [1.165, 1.54) is 0 Å². The van der Waals surface area contributed by atoms with Gasteiger partial charge in [-0.05, 0) is 40.2 Å². The quantitative estimate of drug-likeness (QED) is 0.906. The van der Waals surface area contributed by atoms with Crippen LogP contribution in [0.5, 0.6) is 0 Å². The molecule has 106 valence electrons. The molecule has 1 aliphatic rings. The molecule has 0 aromatic carbocycles. The van der Waals surface area contributed by atoms with Crippen molar-refractivity contribution in [2.75, 3.05) is 13.1 Å². The molecule has 1 N–H and O–H groups in total. The van der Waals surface area contributed by atoms with Crippen molar-refractivity contribution >= 4 is 5.97 Å². The van der Waals surface area contributed by atoms with Gasteiger partial charge in [0.15, 0.2) is 0 Å². The summed E-state index contributed by atoms with van der Waals surface area (Å²) in [4.78, 5) is 13.5. The molecule has 1 atom stereocenters. The third-order valence-electron chi connectivity index (χ3n) is 3.88. The Morgan fingerprint density at radius 1 is 1.58 bits per heavy atom. The van der Waals surface area contributed by atoms with E-state index in [1.54, 1.807) is 0 Å². The van der Waals surface area contributed by atoms with E-state index in [0.29, 0.717) is 12.6 Å². The lowest BCUT2D eigenvalue weighted by Gasteiger charge is -2.37. The van der Waals surface area contributed by atoms with Gasteiger partial charge >= 0.3 is 5.97 Å². The van der Waals surface area contributed by atoms with Gasteiger partial charge in [0.05, 0.1) is 11.6 Å². The summed E-state index contributed by atoms with van der Waals surface area (Å²) in [5, 5.41) is 13.6. The Morgan fingerprint density at radius 2 is 2.32 bits per heavy atom. The van der Waals surface area contributed by atoms with Crippen LogP contribution in [0.15, 0.2) is 12.4 Å². The van der Waals surface area contributed by atoms with E-state index in [2.05, 4.69) is 30.0 Å². The summed E-state index contributed by atoms with van der Waals surface area (Å²) in [7, 11) is 0. The lowest BCUT2D eigenvalue weighted by molar-refractivity contribution is -0.151. The van der Waals surface area contributed by atoms with E-state index in [0.717, 1.165) is 31.5 Å². The third-order valence-corrected chi connectivity index (χ3v) is 3.88. The lowest BCUT2D eigenvalue weighted by atomic mass is 9.82. The Balaban J connectivity index is 2.00. The fourth-order valence-corrected chi connectivity index (χ4v) is 2.65. The van der Waals surface area contributed by atoms with Crippen molar-refractivity contribution in [3.05, 3.63) is 18.0 Å². The van der Waals surface area contributed by atoms with Gasteiger partial charge in [0.25, 0.3) is 0 Å². The minimum absolute atomic E-state index is 0.361. The standard InChI is InChI=1S/C14H23N3O2/c1-11(2)17-9-12(7-15-17)8-16-6-4-5-14(3,10-16)13(18)19/h7,9,11H,4-6,8,10H2,1-3H3,(H,18,19). The molecular formula is C14H23N3O2. The number of carbonyl (C=O) groups is 1. The zero-order valence-corrected chi connectivity index (χ0v) is 12.0. The number of nitrogens with zero attached hydrogens (tertiary/aromatic N) is 3. The molecule has 1 unspecified atom stereocenters. The van der Waals surface area contributed by atoms with Gasteiger partial charge < -0.3 is 5.11 Å². The third kappa shape index (κ3) is 3.15. The number of aromatic nitrogens is 2. The number of hydrogen-bond donors (Lipinski definition) is 1. The van der Waals surface area contributed by atoms with E-state index in [9.17, 15) is 9.90 Å². The molecule has 0 saturated carbocycles. The van der Waals surface area contributed by atoms with Crippen LogP contribution in [0.4, 0.5) is 0 Å². The van der Waals surface area contributed by atoms with Gasteiger partial charge in [-0.15, -0.1) is 0 Å². The van der Waals surface area contributed by atoms with Crippen LogP contribution in [0.1, 0.15) is 45.2 Å². The molecule has 1 aromatic rings. The zero-order chi connectivity index (χ0) is 14.0. The fourth-order valence-electron chi connectivity index (χ4n) is 2.65. The highest BCUT2D eigenvalue weighted by molar-refractivity contribution is 5.74. The molecule has 2 rings (SSSR count). The van der Waals surface area contributed by atoms with Gasteiger partial charge in [0.2, 0.25) is 0 Å². The summed E-state index contributed by atoms with van der Waals surface area (Å²) in [5.74, 6) is -0.685. The number of rotatable bonds is 4. The minimum Gasteiger partial charge on any atom is -0.481 e. The Bertz CT molecular complexity index is 455. The first-order valence-electron chi connectivity index (χ1n) is 6.89. The van der Waals surface area contributed by atoms with Crippen LogP contribution in [0.25, 0.3) is 0 Å². The number of aliphatic carboxylic acids is 1. The van der Waals surface area contributed by atoms with Crippen molar-refractivity contribution in [1.82, 2.24) is 14.7 Å². The molecule has 0 spiro atoms. The normalized spacial score (nSPS) is 24.8. The van der Waals surface area contributed by atoms with Crippen LogP contribution in [-0.2, 0) is 11.3 Å². The summed E-state index contributed by atoms with van der Waals surface area (Å²) in [6, 6.07) is 0.361. The molecule has 1 fully saturated rings. The number of carboxylic acids is 1. The maximum atomic E-state index is 11.3. The van der Waals surface area contributed by atoms with Gasteiger partial charge in [-0.3, -0.25) is 14.4 Å². The van der Waals surface area contributed by atoms with Crippen LogP contribution in [-0.4, -0.2) is 38.8 Å². The first-order chi connectivity index (χ1) is 8.90. The summed E-state index contributed by atoms with van der Waals surface area (Å²) in [6.45, 7) is 8.41. The van der Waals surface area contributed by atoms with E-state index >= 15 is 0 Å². The second kappa shape index (κ2) is 5.33.